The molecule has 2 aromatic heterocycles. The lowest BCUT2D eigenvalue weighted by molar-refractivity contribution is 0.101. The Balaban J connectivity index is 1.14. The second-order valence-corrected chi connectivity index (χ2v) is 8.32. The van der Waals surface area contributed by atoms with Gasteiger partial charge in [0, 0.05) is 23.5 Å². The quantitative estimate of drug-likeness (QED) is 0.305. The van der Waals surface area contributed by atoms with Crippen molar-refractivity contribution in [1.29, 1.82) is 0 Å². The molecule has 1 N–H and O–H groups in total. The van der Waals surface area contributed by atoms with Gasteiger partial charge in [0.1, 0.15) is 5.75 Å². The van der Waals surface area contributed by atoms with Crippen LogP contribution in [0.4, 0.5) is 5.82 Å². The van der Waals surface area contributed by atoms with E-state index in [2.05, 4.69) is 27.6 Å². The van der Waals surface area contributed by atoms with Crippen molar-refractivity contribution in [3.63, 3.8) is 0 Å². The minimum atomic E-state index is -0.340. The summed E-state index contributed by atoms with van der Waals surface area (Å²) in [5.41, 5.74) is 3.60. The summed E-state index contributed by atoms with van der Waals surface area (Å²) in [6, 6.07) is 28.9. The number of anilines is 1. The Morgan fingerprint density at radius 1 is 0.800 bits per heavy atom. The van der Waals surface area contributed by atoms with Crippen LogP contribution in [0, 0.1) is 0 Å². The maximum Gasteiger partial charge on any atom is 0.277 e. The summed E-state index contributed by atoms with van der Waals surface area (Å²) in [4.78, 5) is 12.6. The molecule has 2 heterocycles. The highest BCUT2D eigenvalue weighted by molar-refractivity contribution is 6.30. The predicted molar refractivity (Wildman–Crippen MR) is 135 cm³/mol. The first-order chi connectivity index (χ1) is 17.1. The SMILES string of the molecule is O=C(Nc1ccn(Cc2ccc(Cl)cc2)n1)c1ccn(COc2ccc(-c3ccccc3)cc2)n1. The maximum atomic E-state index is 12.6. The van der Waals surface area contributed by atoms with E-state index in [1.165, 1.54) is 0 Å². The molecule has 0 bridgehead atoms. The third kappa shape index (κ3) is 5.77. The van der Waals surface area contributed by atoms with Gasteiger partial charge in [-0.3, -0.25) is 9.48 Å². The largest absolute Gasteiger partial charge is 0.471 e. The van der Waals surface area contributed by atoms with Gasteiger partial charge in [0.05, 0.1) is 6.54 Å². The number of carbonyl (C=O) groups excluding carboxylic acids is 1. The molecule has 1 amide bonds. The molecule has 0 saturated heterocycles. The fraction of sp³-hybridized carbons (Fsp3) is 0.0741. The molecule has 0 saturated carbocycles. The lowest BCUT2D eigenvalue weighted by atomic mass is 10.1. The lowest BCUT2D eigenvalue weighted by Crippen LogP contribution is -2.15. The van der Waals surface area contributed by atoms with Gasteiger partial charge in [-0.05, 0) is 47.0 Å². The van der Waals surface area contributed by atoms with Gasteiger partial charge in [-0.15, -0.1) is 0 Å². The summed E-state index contributed by atoms with van der Waals surface area (Å²) in [6.45, 7) is 0.763. The highest BCUT2D eigenvalue weighted by atomic mass is 35.5. The van der Waals surface area contributed by atoms with Crippen LogP contribution in [0.3, 0.4) is 0 Å². The summed E-state index contributed by atoms with van der Waals surface area (Å²) < 4.78 is 9.12. The van der Waals surface area contributed by atoms with Crippen LogP contribution in [0.1, 0.15) is 16.1 Å². The fourth-order valence-electron chi connectivity index (χ4n) is 3.54. The van der Waals surface area contributed by atoms with Crippen molar-refractivity contribution in [2.75, 3.05) is 5.32 Å². The Hall–Kier alpha value is -4.36. The number of aromatic nitrogens is 4. The van der Waals surface area contributed by atoms with Crippen molar-refractivity contribution in [3.8, 4) is 16.9 Å². The van der Waals surface area contributed by atoms with E-state index in [1.54, 1.807) is 33.9 Å². The summed E-state index contributed by atoms with van der Waals surface area (Å²) in [6.07, 6.45) is 3.51. The number of hydrogen-bond acceptors (Lipinski definition) is 4. The van der Waals surface area contributed by atoms with Gasteiger partial charge < -0.3 is 10.1 Å². The Kier molecular flexibility index (Phi) is 6.59. The Morgan fingerprint density at radius 2 is 1.51 bits per heavy atom. The second-order valence-electron chi connectivity index (χ2n) is 7.88. The first-order valence-electron chi connectivity index (χ1n) is 11.0. The molecule has 0 unspecified atom stereocenters. The van der Waals surface area contributed by atoms with E-state index in [0.29, 0.717) is 17.4 Å². The number of halogens is 1. The first kappa shape index (κ1) is 22.4. The van der Waals surface area contributed by atoms with Crippen LogP contribution < -0.4 is 10.1 Å². The molecule has 174 valence electrons. The van der Waals surface area contributed by atoms with E-state index in [-0.39, 0.29) is 18.3 Å². The van der Waals surface area contributed by atoms with Gasteiger partial charge in [0.2, 0.25) is 0 Å². The van der Waals surface area contributed by atoms with Crippen molar-refractivity contribution in [3.05, 3.63) is 120 Å². The van der Waals surface area contributed by atoms with Crippen molar-refractivity contribution in [2.45, 2.75) is 13.3 Å². The molecule has 0 atom stereocenters. The Labute approximate surface area is 207 Å². The second kappa shape index (κ2) is 10.3. The lowest BCUT2D eigenvalue weighted by Gasteiger charge is -2.07. The first-order valence-corrected chi connectivity index (χ1v) is 11.4. The zero-order valence-corrected chi connectivity index (χ0v) is 19.5. The smallest absolute Gasteiger partial charge is 0.277 e. The minimum Gasteiger partial charge on any atom is -0.471 e. The highest BCUT2D eigenvalue weighted by Crippen LogP contribution is 2.22. The van der Waals surface area contributed by atoms with E-state index in [1.807, 2.05) is 66.7 Å². The average Bonchev–Trinajstić information content (AvgIpc) is 3.55. The van der Waals surface area contributed by atoms with Crippen molar-refractivity contribution in [1.82, 2.24) is 19.6 Å². The summed E-state index contributed by atoms with van der Waals surface area (Å²) in [7, 11) is 0. The van der Waals surface area contributed by atoms with Crippen LogP contribution >= 0.6 is 11.6 Å². The van der Waals surface area contributed by atoms with Gasteiger partial charge in [-0.2, -0.15) is 10.2 Å². The van der Waals surface area contributed by atoms with Gasteiger partial charge in [0.25, 0.3) is 5.91 Å². The molecule has 0 aliphatic carbocycles. The molecule has 0 radical (unpaired) electrons. The molecule has 3 aromatic carbocycles. The number of nitrogens with zero attached hydrogens (tertiary/aromatic N) is 4. The van der Waals surface area contributed by atoms with Crippen molar-refractivity contribution < 1.29 is 9.53 Å². The summed E-state index contributed by atoms with van der Waals surface area (Å²) in [5, 5.41) is 12.2. The number of rotatable bonds is 8. The third-order valence-electron chi connectivity index (χ3n) is 5.34. The van der Waals surface area contributed by atoms with E-state index in [0.717, 1.165) is 22.4 Å². The molecule has 0 aliphatic heterocycles. The number of amides is 1. The fourth-order valence-corrected chi connectivity index (χ4v) is 3.67. The zero-order chi connectivity index (χ0) is 24.0. The molecule has 0 aliphatic rings. The Morgan fingerprint density at radius 3 is 2.29 bits per heavy atom. The normalized spacial score (nSPS) is 10.8. The van der Waals surface area contributed by atoms with Gasteiger partial charge in [-0.1, -0.05) is 66.2 Å². The van der Waals surface area contributed by atoms with E-state index < -0.39 is 0 Å². The van der Waals surface area contributed by atoms with Crippen LogP contribution in [-0.4, -0.2) is 25.5 Å². The van der Waals surface area contributed by atoms with Gasteiger partial charge >= 0.3 is 0 Å². The molecule has 5 rings (SSSR count). The molecular weight excluding hydrogens is 462 g/mol. The monoisotopic (exact) mass is 483 g/mol. The zero-order valence-electron chi connectivity index (χ0n) is 18.7. The summed E-state index contributed by atoms with van der Waals surface area (Å²) >= 11 is 5.93. The van der Waals surface area contributed by atoms with E-state index in [4.69, 9.17) is 16.3 Å². The average molecular weight is 484 g/mol. The van der Waals surface area contributed by atoms with Gasteiger partial charge in [0.15, 0.2) is 18.2 Å². The topological polar surface area (TPSA) is 74.0 Å². The highest BCUT2D eigenvalue weighted by Gasteiger charge is 2.12. The van der Waals surface area contributed by atoms with Crippen LogP contribution in [0.2, 0.25) is 5.02 Å². The van der Waals surface area contributed by atoms with Crippen LogP contribution in [-0.2, 0) is 13.3 Å². The number of ether oxygens (including phenoxy) is 1. The number of nitrogens with one attached hydrogen (secondary N) is 1. The van der Waals surface area contributed by atoms with Crippen molar-refractivity contribution in [2.24, 2.45) is 0 Å². The maximum absolute atomic E-state index is 12.6. The number of hydrogen-bond donors (Lipinski definition) is 1. The molecule has 7 nitrogen and oxygen atoms in total. The number of carbonyl (C=O) groups is 1. The van der Waals surface area contributed by atoms with Crippen LogP contribution in [0.5, 0.6) is 5.75 Å². The molecule has 5 aromatic rings. The molecule has 35 heavy (non-hydrogen) atoms. The van der Waals surface area contributed by atoms with Crippen LogP contribution in [0.25, 0.3) is 11.1 Å². The minimum absolute atomic E-state index is 0.188. The Bertz CT molecular complexity index is 1410. The van der Waals surface area contributed by atoms with Crippen molar-refractivity contribution >= 4 is 23.3 Å². The van der Waals surface area contributed by atoms with E-state index in [9.17, 15) is 4.79 Å². The number of benzene rings is 3. The molecular formula is C27H22ClN5O2. The predicted octanol–water partition coefficient (Wildman–Crippen LogP) is 5.74. The van der Waals surface area contributed by atoms with E-state index >= 15 is 0 Å². The molecule has 0 spiro atoms. The standard InChI is InChI=1S/C27H22ClN5O2/c28-23-10-6-20(7-11-23)18-32-17-15-26(31-32)29-27(34)25-14-16-33(30-25)19-35-24-12-8-22(9-13-24)21-4-2-1-3-5-21/h1-17H,18-19H2,(H,29,31,34). The van der Waals surface area contributed by atoms with Crippen LogP contribution in [0.15, 0.2) is 103 Å². The summed E-state index contributed by atoms with van der Waals surface area (Å²) in [5.74, 6) is 0.832. The molecule has 8 heteroatoms. The van der Waals surface area contributed by atoms with Gasteiger partial charge in [-0.25, -0.2) is 4.68 Å². The third-order valence-corrected chi connectivity index (χ3v) is 5.59. The molecule has 0 fully saturated rings.